The molecule has 0 radical (unpaired) electrons. The number of rotatable bonds is 4. The summed E-state index contributed by atoms with van der Waals surface area (Å²) in [5, 5.41) is 0. The maximum atomic E-state index is 4.17. The van der Waals surface area contributed by atoms with E-state index in [4.69, 9.17) is 0 Å². The number of aromatic nitrogens is 2. The predicted octanol–water partition coefficient (Wildman–Crippen LogP) is 2.22. The van der Waals surface area contributed by atoms with Crippen molar-refractivity contribution in [2.24, 2.45) is 0 Å². The average molecular weight is 185 g/mol. The minimum Gasteiger partial charge on any atom is -0.331 e. The van der Waals surface area contributed by atoms with Gasteiger partial charge < -0.3 is 4.57 Å². The van der Waals surface area contributed by atoms with Crippen molar-refractivity contribution in [2.45, 2.75) is 13.0 Å². The standard InChI is InChI=1S/C9H12N2.ClH/c1-3-5-9-10-6-8-11(9)7-4-2;/h3-4,6,8H,1-2,5,7H2;1H. The van der Waals surface area contributed by atoms with Crippen molar-refractivity contribution in [2.75, 3.05) is 0 Å². The van der Waals surface area contributed by atoms with Crippen LogP contribution >= 0.6 is 12.4 Å². The van der Waals surface area contributed by atoms with Crippen LogP contribution in [-0.2, 0) is 13.0 Å². The molecule has 1 heterocycles. The first-order chi connectivity index (χ1) is 5.38. The minimum atomic E-state index is 0. The lowest BCUT2D eigenvalue weighted by atomic mass is 10.4. The van der Waals surface area contributed by atoms with Crippen LogP contribution in [0.3, 0.4) is 0 Å². The molecule has 1 rings (SSSR count). The molecule has 1 aromatic rings. The van der Waals surface area contributed by atoms with Gasteiger partial charge in [0.05, 0.1) is 0 Å². The highest BCUT2D eigenvalue weighted by atomic mass is 35.5. The summed E-state index contributed by atoms with van der Waals surface area (Å²) in [7, 11) is 0. The van der Waals surface area contributed by atoms with Gasteiger partial charge in [0.25, 0.3) is 0 Å². The molecule has 0 aromatic carbocycles. The maximum absolute atomic E-state index is 4.17. The summed E-state index contributed by atoms with van der Waals surface area (Å²) in [6, 6.07) is 0. The second kappa shape index (κ2) is 5.61. The van der Waals surface area contributed by atoms with Crippen molar-refractivity contribution in [3.63, 3.8) is 0 Å². The van der Waals surface area contributed by atoms with Crippen LogP contribution in [-0.4, -0.2) is 9.55 Å². The number of halogens is 1. The smallest absolute Gasteiger partial charge is 0.112 e. The van der Waals surface area contributed by atoms with Crippen molar-refractivity contribution < 1.29 is 0 Å². The zero-order valence-electron chi connectivity index (χ0n) is 6.94. The summed E-state index contributed by atoms with van der Waals surface area (Å²) in [6.45, 7) is 8.14. The van der Waals surface area contributed by atoms with Crippen molar-refractivity contribution >= 4 is 12.4 Å². The molecule has 0 amide bonds. The Morgan fingerprint density at radius 3 is 2.75 bits per heavy atom. The molecular formula is C9H13ClN2. The van der Waals surface area contributed by atoms with Crippen LogP contribution in [0.1, 0.15) is 5.82 Å². The lowest BCUT2D eigenvalue weighted by Crippen LogP contribution is -1.99. The van der Waals surface area contributed by atoms with Gasteiger partial charge in [0.15, 0.2) is 0 Å². The summed E-state index contributed by atoms with van der Waals surface area (Å²) in [4.78, 5) is 4.17. The lowest BCUT2D eigenvalue weighted by molar-refractivity contribution is 0.763. The fraction of sp³-hybridized carbons (Fsp3) is 0.222. The van der Waals surface area contributed by atoms with Gasteiger partial charge in [0.2, 0.25) is 0 Å². The van der Waals surface area contributed by atoms with Gasteiger partial charge in [-0.25, -0.2) is 4.98 Å². The van der Waals surface area contributed by atoms with Crippen molar-refractivity contribution in [1.82, 2.24) is 9.55 Å². The third kappa shape index (κ3) is 2.55. The molecule has 0 N–H and O–H groups in total. The van der Waals surface area contributed by atoms with Crippen LogP contribution in [0.25, 0.3) is 0 Å². The van der Waals surface area contributed by atoms with Gasteiger partial charge in [-0.2, -0.15) is 0 Å². The van der Waals surface area contributed by atoms with Crippen molar-refractivity contribution in [3.8, 4) is 0 Å². The average Bonchev–Trinajstić information content (AvgIpc) is 2.39. The number of hydrogen-bond acceptors (Lipinski definition) is 1. The van der Waals surface area contributed by atoms with Crippen LogP contribution < -0.4 is 0 Å². The zero-order chi connectivity index (χ0) is 8.10. The van der Waals surface area contributed by atoms with E-state index >= 15 is 0 Å². The molecule has 0 aliphatic rings. The summed E-state index contributed by atoms with van der Waals surface area (Å²) in [6.07, 6.45) is 8.26. The normalized spacial score (nSPS) is 8.67. The summed E-state index contributed by atoms with van der Waals surface area (Å²) < 4.78 is 2.05. The summed E-state index contributed by atoms with van der Waals surface area (Å²) in [5.41, 5.74) is 0. The van der Waals surface area contributed by atoms with E-state index in [-0.39, 0.29) is 12.4 Å². The Kier molecular flexibility index (Phi) is 5.13. The number of hydrogen-bond donors (Lipinski definition) is 0. The number of allylic oxidation sites excluding steroid dienone is 2. The lowest BCUT2D eigenvalue weighted by Gasteiger charge is -2.00. The van der Waals surface area contributed by atoms with Gasteiger partial charge >= 0.3 is 0 Å². The van der Waals surface area contributed by atoms with Crippen LogP contribution in [0.2, 0.25) is 0 Å². The Bertz CT molecular complexity index is 228. The molecule has 0 atom stereocenters. The minimum absolute atomic E-state index is 0. The van der Waals surface area contributed by atoms with Gasteiger partial charge in [-0.15, -0.1) is 25.6 Å². The molecule has 12 heavy (non-hydrogen) atoms. The highest BCUT2D eigenvalue weighted by molar-refractivity contribution is 5.85. The molecule has 0 saturated carbocycles. The molecule has 0 spiro atoms. The Morgan fingerprint density at radius 1 is 1.42 bits per heavy atom. The largest absolute Gasteiger partial charge is 0.331 e. The van der Waals surface area contributed by atoms with E-state index in [0.29, 0.717) is 0 Å². The van der Waals surface area contributed by atoms with E-state index in [1.165, 1.54) is 0 Å². The summed E-state index contributed by atoms with van der Waals surface area (Å²) in [5.74, 6) is 1.04. The van der Waals surface area contributed by atoms with E-state index in [1.807, 2.05) is 18.3 Å². The van der Waals surface area contributed by atoms with Gasteiger partial charge in [0, 0.05) is 25.4 Å². The van der Waals surface area contributed by atoms with E-state index in [0.717, 1.165) is 18.8 Å². The number of nitrogens with zero attached hydrogens (tertiary/aromatic N) is 2. The Hall–Kier alpha value is -1.02. The van der Waals surface area contributed by atoms with Crippen LogP contribution in [0.5, 0.6) is 0 Å². The molecule has 0 aliphatic carbocycles. The zero-order valence-corrected chi connectivity index (χ0v) is 7.76. The molecule has 3 heteroatoms. The highest BCUT2D eigenvalue weighted by Crippen LogP contribution is 1.98. The van der Waals surface area contributed by atoms with Crippen molar-refractivity contribution in [1.29, 1.82) is 0 Å². The van der Waals surface area contributed by atoms with E-state index in [9.17, 15) is 0 Å². The fourth-order valence-corrected chi connectivity index (χ4v) is 0.964. The topological polar surface area (TPSA) is 17.8 Å². The van der Waals surface area contributed by atoms with Crippen LogP contribution in [0, 0.1) is 0 Å². The molecule has 0 bridgehead atoms. The molecular weight excluding hydrogens is 172 g/mol. The monoisotopic (exact) mass is 184 g/mol. The highest BCUT2D eigenvalue weighted by Gasteiger charge is 1.96. The second-order valence-electron chi connectivity index (χ2n) is 2.28. The van der Waals surface area contributed by atoms with E-state index < -0.39 is 0 Å². The van der Waals surface area contributed by atoms with Gasteiger partial charge in [0.1, 0.15) is 5.82 Å². The predicted molar refractivity (Wildman–Crippen MR) is 53.6 cm³/mol. The summed E-state index contributed by atoms with van der Waals surface area (Å²) >= 11 is 0. The Labute approximate surface area is 79.0 Å². The van der Waals surface area contributed by atoms with Crippen LogP contribution in [0.15, 0.2) is 37.7 Å². The molecule has 66 valence electrons. The van der Waals surface area contributed by atoms with Crippen molar-refractivity contribution in [3.05, 3.63) is 43.5 Å². The van der Waals surface area contributed by atoms with Crippen LogP contribution in [0.4, 0.5) is 0 Å². The van der Waals surface area contributed by atoms with Gasteiger partial charge in [-0.05, 0) is 0 Å². The molecule has 2 nitrogen and oxygen atoms in total. The SMILES string of the molecule is C=CCc1nccn1CC=C.Cl. The second-order valence-corrected chi connectivity index (χ2v) is 2.28. The Morgan fingerprint density at radius 2 is 2.17 bits per heavy atom. The first-order valence-electron chi connectivity index (χ1n) is 3.60. The molecule has 0 fully saturated rings. The molecule has 0 aliphatic heterocycles. The quantitative estimate of drug-likeness (QED) is 0.657. The first kappa shape index (κ1) is 11.0. The number of imidazole rings is 1. The molecule has 0 saturated heterocycles. The van der Waals surface area contributed by atoms with E-state index in [1.54, 1.807) is 6.20 Å². The third-order valence-corrected chi connectivity index (χ3v) is 1.45. The Balaban J connectivity index is 0.00000121. The van der Waals surface area contributed by atoms with E-state index in [2.05, 4.69) is 22.7 Å². The maximum Gasteiger partial charge on any atom is 0.112 e. The fourth-order valence-electron chi connectivity index (χ4n) is 0.964. The first-order valence-corrected chi connectivity index (χ1v) is 3.60. The third-order valence-electron chi connectivity index (χ3n) is 1.45. The van der Waals surface area contributed by atoms with Gasteiger partial charge in [-0.3, -0.25) is 0 Å². The van der Waals surface area contributed by atoms with Gasteiger partial charge in [-0.1, -0.05) is 12.2 Å². The molecule has 1 aromatic heterocycles. The molecule has 0 unspecified atom stereocenters.